The van der Waals surface area contributed by atoms with Crippen LogP contribution in [0.15, 0.2) is 16.7 Å². The van der Waals surface area contributed by atoms with E-state index in [0.29, 0.717) is 6.42 Å². The van der Waals surface area contributed by atoms with Gasteiger partial charge in [0.15, 0.2) is 0 Å². The molecule has 0 aliphatic heterocycles. The summed E-state index contributed by atoms with van der Waals surface area (Å²) in [6, 6.07) is 1.77. The average molecular weight is 243 g/mol. The van der Waals surface area contributed by atoms with E-state index in [1.807, 2.05) is 13.0 Å². The summed E-state index contributed by atoms with van der Waals surface area (Å²) in [5.74, 6) is 1.12. The van der Waals surface area contributed by atoms with Gasteiger partial charge in [-0.1, -0.05) is 6.92 Å². The molecule has 1 aliphatic carbocycles. The SMILES string of the molecule is CCCS(=O)(=O)NC1CCCc2occc21. The first-order chi connectivity index (χ1) is 7.62. The van der Waals surface area contributed by atoms with Crippen LogP contribution in [0.1, 0.15) is 43.6 Å². The monoisotopic (exact) mass is 243 g/mol. The van der Waals surface area contributed by atoms with Gasteiger partial charge in [0.1, 0.15) is 5.76 Å². The lowest BCUT2D eigenvalue weighted by Crippen LogP contribution is -2.32. The zero-order valence-electron chi connectivity index (χ0n) is 9.40. The molecular formula is C11H17NO3S. The second-order valence-electron chi connectivity index (χ2n) is 4.18. The van der Waals surface area contributed by atoms with Crippen LogP contribution >= 0.6 is 0 Å². The number of nitrogens with one attached hydrogen (secondary N) is 1. The summed E-state index contributed by atoms with van der Waals surface area (Å²) in [7, 11) is -3.14. The molecule has 1 unspecified atom stereocenters. The zero-order chi connectivity index (χ0) is 11.6. The van der Waals surface area contributed by atoms with E-state index < -0.39 is 10.0 Å². The number of furan rings is 1. The molecule has 0 amide bonds. The molecule has 1 N–H and O–H groups in total. The largest absolute Gasteiger partial charge is 0.469 e. The Morgan fingerprint density at radius 1 is 1.56 bits per heavy atom. The van der Waals surface area contributed by atoms with E-state index in [0.717, 1.165) is 30.6 Å². The lowest BCUT2D eigenvalue weighted by molar-refractivity contribution is 0.438. The number of rotatable bonds is 4. The van der Waals surface area contributed by atoms with Crippen LogP contribution in [0.25, 0.3) is 0 Å². The second kappa shape index (κ2) is 4.59. The molecule has 1 heterocycles. The van der Waals surface area contributed by atoms with Crippen LogP contribution in [0.2, 0.25) is 0 Å². The summed E-state index contributed by atoms with van der Waals surface area (Å²) >= 11 is 0. The first-order valence-corrected chi connectivity index (χ1v) is 7.34. The number of fused-ring (bicyclic) bond motifs is 1. The molecule has 4 nitrogen and oxygen atoms in total. The lowest BCUT2D eigenvalue weighted by atomic mass is 9.94. The van der Waals surface area contributed by atoms with Crippen molar-refractivity contribution in [2.75, 3.05) is 5.75 Å². The van der Waals surface area contributed by atoms with Gasteiger partial charge < -0.3 is 4.42 Å². The van der Waals surface area contributed by atoms with E-state index >= 15 is 0 Å². The summed E-state index contributed by atoms with van der Waals surface area (Å²) in [6.45, 7) is 1.86. The number of hydrogen-bond donors (Lipinski definition) is 1. The highest BCUT2D eigenvalue weighted by Gasteiger charge is 2.25. The quantitative estimate of drug-likeness (QED) is 0.879. The Morgan fingerprint density at radius 2 is 2.38 bits per heavy atom. The fourth-order valence-electron chi connectivity index (χ4n) is 2.15. The second-order valence-corrected chi connectivity index (χ2v) is 6.05. The predicted octanol–water partition coefficient (Wildman–Crippen LogP) is 1.99. The van der Waals surface area contributed by atoms with Crippen LogP contribution in [0.5, 0.6) is 0 Å². The van der Waals surface area contributed by atoms with Crippen LogP contribution in [0.3, 0.4) is 0 Å². The summed E-state index contributed by atoms with van der Waals surface area (Å²) in [6.07, 6.45) is 5.01. The summed E-state index contributed by atoms with van der Waals surface area (Å²) in [4.78, 5) is 0. The Hall–Kier alpha value is -0.810. The molecule has 1 aromatic heterocycles. The number of hydrogen-bond acceptors (Lipinski definition) is 3. The predicted molar refractivity (Wildman–Crippen MR) is 61.6 cm³/mol. The summed E-state index contributed by atoms with van der Waals surface area (Å²) in [5, 5.41) is 0. The topological polar surface area (TPSA) is 59.3 Å². The van der Waals surface area contributed by atoms with Crippen LogP contribution in [0, 0.1) is 0 Å². The van der Waals surface area contributed by atoms with Gasteiger partial charge in [-0.3, -0.25) is 0 Å². The molecule has 2 rings (SSSR count). The molecule has 16 heavy (non-hydrogen) atoms. The van der Waals surface area contributed by atoms with E-state index in [9.17, 15) is 8.42 Å². The van der Waals surface area contributed by atoms with Gasteiger partial charge in [-0.2, -0.15) is 0 Å². The maximum Gasteiger partial charge on any atom is 0.212 e. The van der Waals surface area contributed by atoms with Crippen molar-refractivity contribution in [1.29, 1.82) is 0 Å². The third-order valence-corrected chi connectivity index (χ3v) is 4.44. The Morgan fingerprint density at radius 3 is 3.12 bits per heavy atom. The number of sulfonamides is 1. The van der Waals surface area contributed by atoms with E-state index in [1.165, 1.54) is 0 Å². The summed E-state index contributed by atoms with van der Waals surface area (Å²) < 4.78 is 31.5. The van der Waals surface area contributed by atoms with Crippen molar-refractivity contribution in [3.63, 3.8) is 0 Å². The zero-order valence-corrected chi connectivity index (χ0v) is 10.2. The maximum absolute atomic E-state index is 11.7. The Balaban J connectivity index is 2.14. The van der Waals surface area contributed by atoms with Crippen molar-refractivity contribution < 1.29 is 12.8 Å². The molecule has 0 radical (unpaired) electrons. The van der Waals surface area contributed by atoms with Crippen molar-refractivity contribution >= 4 is 10.0 Å². The minimum atomic E-state index is -3.14. The van der Waals surface area contributed by atoms with Gasteiger partial charge in [0.05, 0.1) is 18.1 Å². The molecule has 0 fully saturated rings. The van der Waals surface area contributed by atoms with Crippen LogP contribution in [0.4, 0.5) is 0 Å². The Kier molecular flexibility index (Phi) is 3.35. The van der Waals surface area contributed by atoms with Gasteiger partial charge in [0.2, 0.25) is 10.0 Å². The third kappa shape index (κ3) is 2.47. The molecule has 0 aromatic carbocycles. The van der Waals surface area contributed by atoms with Gasteiger partial charge in [0, 0.05) is 12.0 Å². The maximum atomic E-state index is 11.7. The molecule has 1 aliphatic rings. The highest BCUT2D eigenvalue weighted by atomic mass is 32.2. The Labute approximate surface area is 96.1 Å². The summed E-state index contributed by atoms with van der Waals surface area (Å²) in [5.41, 5.74) is 1.01. The fourth-order valence-corrected chi connectivity index (χ4v) is 3.49. The number of aryl methyl sites for hydroxylation is 1. The first kappa shape index (κ1) is 11.7. The fraction of sp³-hybridized carbons (Fsp3) is 0.636. The molecular weight excluding hydrogens is 226 g/mol. The molecule has 0 saturated heterocycles. The molecule has 0 saturated carbocycles. The normalized spacial score (nSPS) is 20.7. The molecule has 1 atom stereocenters. The van der Waals surface area contributed by atoms with Crippen molar-refractivity contribution in [1.82, 2.24) is 4.72 Å². The third-order valence-electron chi connectivity index (χ3n) is 2.85. The van der Waals surface area contributed by atoms with Crippen LogP contribution in [-0.4, -0.2) is 14.2 Å². The highest BCUT2D eigenvalue weighted by molar-refractivity contribution is 7.89. The van der Waals surface area contributed by atoms with E-state index in [1.54, 1.807) is 6.26 Å². The van der Waals surface area contributed by atoms with Crippen molar-refractivity contribution in [3.05, 3.63) is 23.7 Å². The Bertz CT molecular complexity index is 450. The average Bonchev–Trinajstić information content (AvgIpc) is 2.65. The van der Waals surface area contributed by atoms with Gasteiger partial charge in [-0.25, -0.2) is 13.1 Å². The smallest absolute Gasteiger partial charge is 0.212 e. The molecule has 5 heteroatoms. The minimum Gasteiger partial charge on any atom is -0.469 e. The van der Waals surface area contributed by atoms with Gasteiger partial charge in [-0.15, -0.1) is 0 Å². The van der Waals surface area contributed by atoms with Crippen molar-refractivity contribution in [2.24, 2.45) is 0 Å². The molecule has 1 aromatic rings. The molecule has 0 bridgehead atoms. The van der Waals surface area contributed by atoms with E-state index in [-0.39, 0.29) is 11.8 Å². The van der Waals surface area contributed by atoms with E-state index in [4.69, 9.17) is 4.42 Å². The van der Waals surface area contributed by atoms with Crippen molar-refractivity contribution in [3.8, 4) is 0 Å². The van der Waals surface area contributed by atoms with Gasteiger partial charge in [-0.05, 0) is 25.3 Å². The van der Waals surface area contributed by atoms with Crippen LogP contribution < -0.4 is 4.72 Å². The standard InChI is InChI=1S/C11H17NO3S/c1-2-8-16(13,14)12-10-4-3-5-11-9(10)6-7-15-11/h6-7,10,12H,2-5,8H2,1H3. The highest BCUT2D eigenvalue weighted by Crippen LogP contribution is 2.30. The molecule has 90 valence electrons. The van der Waals surface area contributed by atoms with Gasteiger partial charge in [0.25, 0.3) is 0 Å². The van der Waals surface area contributed by atoms with E-state index in [2.05, 4.69) is 4.72 Å². The lowest BCUT2D eigenvalue weighted by Gasteiger charge is -2.22. The molecule has 0 spiro atoms. The van der Waals surface area contributed by atoms with Gasteiger partial charge >= 0.3 is 0 Å². The minimum absolute atomic E-state index is 0.0981. The van der Waals surface area contributed by atoms with Crippen LogP contribution in [-0.2, 0) is 16.4 Å². The first-order valence-electron chi connectivity index (χ1n) is 5.68. The van der Waals surface area contributed by atoms with Crippen molar-refractivity contribution in [2.45, 2.75) is 38.6 Å².